The smallest absolute Gasteiger partial charge is 0.228 e. The number of aryl methyl sites for hydroxylation is 1. The maximum absolute atomic E-state index is 13.0. The number of ether oxygens (including phenoxy) is 1. The number of carbonyl (C=O) groups excluding carboxylic acids is 1. The molecule has 0 aliphatic carbocycles. The molecule has 0 saturated carbocycles. The van der Waals surface area contributed by atoms with Gasteiger partial charge in [0.15, 0.2) is 5.75 Å². The molecule has 1 atom stereocenters. The zero-order valence-corrected chi connectivity index (χ0v) is 17.3. The third kappa shape index (κ3) is 5.05. The van der Waals surface area contributed by atoms with Crippen molar-refractivity contribution >= 4 is 11.6 Å². The lowest BCUT2D eigenvalue weighted by Crippen LogP contribution is -2.40. The van der Waals surface area contributed by atoms with Gasteiger partial charge in [0.2, 0.25) is 5.91 Å². The maximum atomic E-state index is 13.0. The summed E-state index contributed by atoms with van der Waals surface area (Å²) in [6.45, 7) is 4.82. The van der Waals surface area contributed by atoms with E-state index >= 15 is 0 Å². The Hall–Kier alpha value is -3.18. The minimum Gasteiger partial charge on any atom is -0.454 e. The van der Waals surface area contributed by atoms with E-state index in [0.717, 1.165) is 32.5 Å². The number of likely N-dealkylation sites (tertiary alicyclic amines) is 1. The lowest BCUT2D eigenvalue weighted by molar-refractivity contribution is -0.121. The molecule has 30 heavy (non-hydrogen) atoms. The Morgan fingerprint density at radius 1 is 1.13 bits per heavy atom. The molecule has 2 heterocycles. The largest absolute Gasteiger partial charge is 0.454 e. The summed E-state index contributed by atoms with van der Waals surface area (Å²) in [4.78, 5) is 19.5. The number of rotatable bonds is 6. The van der Waals surface area contributed by atoms with Crippen LogP contribution in [0, 0.1) is 12.8 Å². The van der Waals surface area contributed by atoms with Crippen LogP contribution in [-0.2, 0) is 11.3 Å². The summed E-state index contributed by atoms with van der Waals surface area (Å²) < 4.78 is 5.92. The summed E-state index contributed by atoms with van der Waals surface area (Å²) in [5.74, 6) is 1.27. The van der Waals surface area contributed by atoms with Gasteiger partial charge in [0, 0.05) is 19.3 Å². The topological polar surface area (TPSA) is 54.5 Å². The van der Waals surface area contributed by atoms with Crippen molar-refractivity contribution in [2.45, 2.75) is 26.3 Å². The number of carbonyl (C=O) groups is 1. The Balaban J connectivity index is 1.41. The van der Waals surface area contributed by atoms with Crippen molar-refractivity contribution < 1.29 is 9.53 Å². The SMILES string of the molecule is Cc1ccccc1CN1CCC[C@@H](C(=O)Nc2ccccc2Oc2cccnc2)C1. The first-order chi connectivity index (χ1) is 14.7. The molecule has 5 heteroatoms. The number of nitrogens with one attached hydrogen (secondary N) is 1. The molecule has 2 aromatic carbocycles. The van der Waals surface area contributed by atoms with Crippen LogP contribution in [0.3, 0.4) is 0 Å². The number of benzene rings is 2. The predicted molar refractivity (Wildman–Crippen MR) is 119 cm³/mol. The van der Waals surface area contributed by atoms with Crippen molar-refractivity contribution in [1.82, 2.24) is 9.88 Å². The van der Waals surface area contributed by atoms with Crippen molar-refractivity contribution in [1.29, 1.82) is 0 Å². The number of para-hydroxylation sites is 2. The summed E-state index contributed by atoms with van der Waals surface area (Å²) >= 11 is 0. The van der Waals surface area contributed by atoms with E-state index in [1.807, 2.05) is 36.4 Å². The van der Waals surface area contributed by atoms with Crippen LogP contribution in [0.2, 0.25) is 0 Å². The third-order valence-electron chi connectivity index (χ3n) is 5.54. The molecule has 5 nitrogen and oxygen atoms in total. The highest BCUT2D eigenvalue weighted by atomic mass is 16.5. The molecule has 1 aliphatic rings. The van der Waals surface area contributed by atoms with Gasteiger partial charge < -0.3 is 10.1 Å². The molecule has 1 saturated heterocycles. The molecule has 1 aromatic heterocycles. The van der Waals surface area contributed by atoms with Crippen LogP contribution in [0.5, 0.6) is 11.5 Å². The van der Waals surface area contributed by atoms with Crippen molar-refractivity contribution in [2.24, 2.45) is 5.92 Å². The molecule has 0 bridgehead atoms. The standard InChI is InChI=1S/C25H27N3O2/c1-19-8-2-3-9-20(19)17-28-15-7-10-21(18-28)25(29)27-23-12-4-5-13-24(23)30-22-11-6-14-26-16-22/h2-6,8-9,11-14,16,21H,7,10,15,17-18H2,1H3,(H,27,29)/t21-/m1/s1. The fraction of sp³-hybridized carbons (Fsp3) is 0.280. The first-order valence-electron chi connectivity index (χ1n) is 10.4. The molecule has 0 spiro atoms. The van der Waals surface area contributed by atoms with Crippen LogP contribution < -0.4 is 10.1 Å². The van der Waals surface area contributed by atoms with Gasteiger partial charge in [-0.05, 0) is 61.7 Å². The van der Waals surface area contributed by atoms with E-state index in [1.165, 1.54) is 11.1 Å². The Bertz CT molecular complexity index is 990. The van der Waals surface area contributed by atoms with Gasteiger partial charge in [-0.15, -0.1) is 0 Å². The maximum Gasteiger partial charge on any atom is 0.228 e. The highest BCUT2D eigenvalue weighted by Gasteiger charge is 2.26. The van der Waals surface area contributed by atoms with Crippen LogP contribution in [0.1, 0.15) is 24.0 Å². The highest BCUT2D eigenvalue weighted by molar-refractivity contribution is 5.94. The summed E-state index contributed by atoms with van der Waals surface area (Å²) in [6, 6.07) is 19.6. The Morgan fingerprint density at radius 3 is 2.80 bits per heavy atom. The van der Waals surface area contributed by atoms with Gasteiger partial charge >= 0.3 is 0 Å². The van der Waals surface area contributed by atoms with Crippen LogP contribution in [0.4, 0.5) is 5.69 Å². The number of aromatic nitrogens is 1. The predicted octanol–water partition coefficient (Wildman–Crippen LogP) is 5.03. The first-order valence-corrected chi connectivity index (χ1v) is 10.4. The average Bonchev–Trinajstić information content (AvgIpc) is 2.78. The van der Waals surface area contributed by atoms with E-state index in [9.17, 15) is 4.79 Å². The van der Waals surface area contributed by atoms with Crippen LogP contribution >= 0.6 is 0 Å². The number of nitrogens with zero attached hydrogens (tertiary/aromatic N) is 2. The number of amides is 1. The summed E-state index contributed by atoms with van der Waals surface area (Å²) in [5.41, 5.74) is 3.31. The number of hydrogen-bond donors (Lipinski definition) is 1. The normalized spacial score (nSPS) is 16.8. The Morgan fingerprint density at radius 2 is 1.97 bits per heavy atom. The molecule has 0 unspecified atom stereocenters. The monoisotopic (exact) mass is 401 g/mol. The van der Waals surface area contributed by atoms with E-state index in [4.69, 9.17) is 4.74 Å². The van der Waals surface area contributed by atoms with E-state index in [1.54, 1.807) is 12.4 Å². The number of pyridine rings is 1. The van der Waals surface area contributed by atoms with Crippen LogP contribution in [-0.4, -0.2) is 28.9 Å². The Kier molecular flexibility index (Phi) is 6.40. The van der Waals surface area contributed by atoms with Crippen molar-refractivity contribution in [3.8, 4) is 11.5 Å². The Labute approximate surface area is 177 Å². The second-order valence-corrected chi connectivity index (χ2v) is 7.78. The molecule has 154 valence electrons. The molecular weight excluding hydrogens is 374 g/mol. The average molecular weight is 402 g/mol. The molecule has 1 N–H and O–H groups in total. The summed E-state index contributed by atoms with van der Waals surface area (Å²) in [7, 11) is 0. The van der Waals surface area contributed by atoms with Crippen molar-refractivity contribution in [2.75, 3.05) is 18.4 Å². The zero-order valence-electron chi connectivity index (χ0n) is 17.3. The van der Waals surface area contributed by atoms with Gasteiger partial charge in [-0.1, -0.05) is 36.4 Å². The molecule has 1 fully saturated rings. The van der Waals surface area contributed by atoms with Crippen LogP contribution in [0.25, 0.3) is 0 Å². The second-order valence-electron chi connectivity index (χ2n) is 7.78. The van der Waals surface area contributed by atoms with Gasteiger partial charge in [-0.25, -0.2) is 0 Å². The summed E-state index contributed by atoms with van der Waals surface area (Å²) in [6.07, 6.45) is 5.29. The summed E-state index contributed by atoms with van der Waals surface area (Å²) in [5, 5.41) is 3.09. The van der Waals surface area contributed by atoms with Gasteiger partial charge in [0.05, 0.1) is 17.8 Å². The van der Waals surface area contributed by atoms with Crippen molar-refractivity contribution in [3.63, 3.8) is 0 Å². The van der Waals surface area contributed by atoms with Gasteiger partial charge in [0.1, 0.15) is 5.75 Å². The molecule has 0 radical (unpaired) electrons. The number of piperidine rings is 1. The van der Waals surface area contributed by atoms with Gasteiger partial charge in [-0.3, -0.25) is 14.7 Å². The first kappa shape index (κ1) is 20.1. The molecular formula is C25H27N3O2. The zero-order chi connectivity index (χ0) is 20.8. The van der Waals surface area contributed by atoms with E-state index < -0.39 is 0 Å². The fourth-order valence-electron chi connectivity index (χ4n) is 3.87. The quantitative estimate of drug-likeness (QED) is 0.629. The lowest BCUT2D eigenvalue weighted by atomic mass is 9.96. The fourth-order valence-corrected chi connectivity index (χ4v) is 3.87. The lowest BCUT2D eigenvalue weighted by Gasteiger charge is -2.32. The van der Waals surface area contributed by atoms with E-state index in [-0.39, 0.29) is 11.8 Å². The molecule has 1 amide bonds. The molecule has 3 aromatic rings. The number of anilines is 1. The number of hydrogen-bond acceptors (Lipinski definition) is 4. The molecule has 1 aliphatic heterocycles. The second kappa shape index (κ2) is 9.55. The van der Waals surface area contributed by atoms with Crippen molar-refractivity contribution in [3.05, 3.63) is 84.2 Å². The molecule has 4 rings (SSSR count). The minimum atomic E-state index is -0.0331. The minimum absolute atomic E-state index is 0.0331. The van der Waals surface area contributed by atoms with E-state index in [0.29, 0.717) is 17.2 Å². The van der Waals surface area contributed by atoms with Gasteiger partial charge in [0.25, 0.3) is 0 Å². The highest BCUT2D eigenvalue weighted by Crippen LogP contribution is 2.30. The third-order valence-corrected chi connectivity index (χ3v) is 5.54. The van der Waals surface area contributed by atoms with Gasteiger partial charge in [-0.2, -0.15) is 0 Å². The van der Waals surface area contributed by atoms with Crippen LogP contribution in [0.15, 0.2) is 73.1 Å². The van der Waals surface area contributed by atoms with E-state index in [2.05, 4.69) is 46.4 Å².